The van der Waals surface area contributed by atoms with Gasteiger partial charge in [-0.1, -0.05) is 24.3 Å². The third-order valence-electron chi connectivity index (χ3n) is 2.79. The monoisotopic (exact) mass is 297 g/mol. The Morgan fingerprint density at radius 2 is 1.86 bits per heavy atom. The minimum Gasteiger partial charge on any atom is -0.386 e. The SMILES string of the molecule is O=C(CCc1cncc2ccccc12)OC(=O)C(F)(F)F. The largest absolute Gasteiger partial charge is 0.491 e. The van der Waals surface area contributed by atoms with Crippen molar-refractivity contribution in [2.75, 3.05) is 0 Å². The van der Waals surface area contributed by atoms with Crippen molar-refractivity contribution < 1.29 is 27.5 Å². The first-order valence-electron chi connectivity index (χ1n) is 6.01. The van der Waals surface area contributed by atoms with Gasteiger partial charge in [0.1, 0.15) is 0 Å². The number of carbonyl (C=O) groups is 2. The smallest absolute Gasteiger partial charge is 0.386 e. The van der Waals surface area contributed by atoms with Gasteiger partial charge in [0.15, 0.2) is 0 Å². The Morgan fingerprint density at radius 1 is 1.14 bits per heavy atom. The lowest BCUT2D eigenvalue weighted by Gasteiger charge is -2.07. The highest BCUT2D eigenvalue weighted by atomic mass is 19.4. The Kier molecular flexibility index (Phi) is 4.21. The number of aryl methyl sites for hydroxylation is 1. The molecule has 1 aromatic heterocycles. The van der Waals surface area contributed by atoms with E-state index in [9.17, 15) is 22.8 Å². The van der Waals surface area contributed by atoms with Crippen LogP contribution in [0.5, 0.6) is 0 Å². The normalized spacial score (nSPS) is 11.4. The van der Waals surface area contributed by atoms with Crippen LogP contribution in [0.4, 0.5) is 13.2 Å². The number of fused-ring (bicyclic) bond motifs is 1. The van der Waals surface area contributed by atoms with Gasteiger partial charge in [-0.05, 0) is 17.4 Å². The van der Waals surface area contributed by atoms with Crippen molar-refractivity contribution in [3.8, 4) is 0 Å². The van der Waals surface area contributed by atoms with E-state index >= 15 is 0 Å². The molecule has 4 nitrogen and oxygen atoms in total. The molecule has 0 atom stereocenters. The van der Waals surface area contributed by atoms with Gasteiger partial charge >= 0.3 is 18.1 Å². The van der Waals surface area contributed by atoms with E-state index in [4.69, 9.17) is 0 Å². The Labute approximate surface area is 117 Å². The molecule has 0 saturated carbocycles. The topological polar surface area (TPSA) is 56.3 Å². The quantitative estimate of drug-likeness (QED) is 0.645. The Balaban J connectivity index is 2.02. The molecule has 0 saturated heterocycles. The molecular weight excluding hydrogens is 287 g/mol. The van der Waals surface area contributed by atoms with Crippen molar-refractivity contribution in [2.24, 2.45) is 0 Å². The number of aromatic nitrogens is 1. The van der Waals surface area contributed by atoms with Gasteiger partial charge < -0.3 is 4.74 Å². The predicted molar refractivity (Wildman–Crippen MR) is 67.2 cm³/mol. The van der Waals surface area contributed by atoms with Gasteiger partial charge in [0, 0.05) is 17.8 Å². The lowest BCUT2D eigenvalue weighted by Crippen LogP contribution is -2.28. The van der Waals surface area contributed by atoms with Gasteiger partial charge in [-0.2, -0.15) is 13.2 Å². The molecule has 0 spiro atoms. The number of alkyl halides is 3. The molecule has 0 bridgehead atoms. The number of carbonyl (C=O) groups excluding carboxylic acids is 2. The Hall–Kier alpha value is -2.44. The van der Waals surface area contributed by atoms with Gasteiger partial charge in [0.25, 0.3) is 0 Å². The summed E-state index contributed by atoms with van der Waals surface area (Å²) in [4.78, 5) is 25.8. The average molecular weight is 297 g/mol. The van der Waals surface area contributed by atoms with E-state index in [2.05, 4.69) is 9.72 Å². The molecule has 0 N–H and O–H groups in total. The van der Waals surface area contributed by atoms with E-state index in [0.717, 1.165) is 10.8 Å². The molecule has 0 radical (unpaired) electrons. The van der Waals surface area contributed by atoms with Crippen molar-refractivity contribution in [1.82, 2.24) is 4.98 Å². The summed E-state index contributed by atoms with van der Waals surface area (Å²) in [5, 5.41) is 1.71. The summed E-state index contributed by atoms with van der Waals surface area (Å²) < 4.78 is 39.6. The lowest BCUT2D eigenvalue weighted by atomic mass is 10.0. The second-order valence-corrected chi connectivity index (χ2v) is 4.28. The van der Waals surface area contributed by atoms with Crippen LogP contribution < -0.4 is 0 Å². The predicted octanol–water partition coefficient (Wildman–Crippen LogP) is 2.80. The van der Waals surface area contributed by atoms with Gasteiger partial charge in [0.05, 0.1) is 6.42 Å². The molecule has 1 heterocycles. The van der Waals surface area contributed by atoms with E-state index in [0.29, 0.717) is 5.56 Å². The molecule has 0 fully saturated rings. The van der Waals surface area contributed by atoms with Crippen LogP contribution in [0.1, 0.15) is 12.0 Å². The number of hydrogen-bond acceptors (Lipinski definition) is 4. The molecule has 2 aromatic rings. The number of pyridine rings is 1. The fraction of sp³-hybridized carbons (Fsp3) is 0.214. The molecular formula is C14H10F3NO3. The summed E-state index contributed by atoms with van der Waals surface area (Å²) in [5.74, 6) is -3.71. The summed E-state index contributed by atoms with van der Waals surface area (Å²) in [6, 6.07) is 7.28. The van der Waals surface area contributed by atoms with Crippen molar-refractivity contribution in [3.63, 3.8) is 0 Å². The average Bonchev–Trinajstić information content (AvgIpc) is 2.44. The second-order valence-electron chi connectivity index (χ2n) is 4.28. The Bertz CT molecular complexity index is 677. The molecule has 0 unspecified atom stereocenters. The number of hydrogen-bond donors (Lipinski definition) is 0. The molecule has 21 heavy (non-hydrogen) atoms. The Morgan fingerprint density at radius 3 is 2.57 bits per heavy atom. The fourth-order valence-corrected chi connectivity index (χ4v) is 1.83. The van der Waals surface area contributed by atoms with Crippen molar-refractivity contribution in [3.05, 3.63) is 42.2 Å². The van der Waals surface area contributed by atoms with Crippen LogP contribution >= 0.6 is 0 Å². The van der Waals surface area contributed by atoms with E-state index in [1.54, 1.807) is 12.3 Å². The van der Waals surface area contributed by atoms with Crippen LogP contribution in [-0.2, 0) is 20.7 Å². The first-order chi connectivity index (χ1) is 9.88. The van der Waals surface area contributed by atoms with Gasteiger partial charge in [-0.25, -0.2) is 4.79 Å². The van der Waals surface area contributed by atoms with E-state index in [1.165, 1.54) is 6.20 Å². The van der Waals surface area contributed by atoms with Gasteiger partial charge in [-0.15, -0.1) is 0 Å². The lowest BCUT2D eigenvalue weighted by molar-refractivity contribution is -0.201. The minimum absolute atomic E-state index is 0.137. The molecule has 7 heteroatoms. The van der Waals surface area contributed by atoms with Crippen molar-refractivity contribution >= 4 is 22.7 Å². The third kappa shape index (κ3) is 3.77. The zero-order chi connectivity index (χ0) is 15.5. The highest BCUT2D eigenvalue weighted by Crippen LogP contribution is 2.19. The number of ether oxygens (including phenoxy) is 1. The van der Waals surface area contributed by atoms with Gasteiger partial charge in [-0.3, -0.25) is 9.78 Å². The maximum atomic E-state index is 11.9. The number of benzene rings is 1. The highest BCUT2D eigenvalue weighted by Gasteiger charge is 2.42. The van der Waals surface area contributed by atoms with Crippen molar-refractivity contribution in [2.45, 2.75) is 19.0 Å². The molecule has 1 aromatic carbocycles. The minimum atomic E-state index is -5.17. The van der Waals surface area contributed by atoms with E-state index in [-0.39, 0.29) is 12.8 Å². The fourth-order valence-electron chi connectivity index (χ4n) is 1.83. The maximum Gasteiger partial charge on any atom is 0.491 e. The molecule has 110 valence electrons. The standard InChI is InChI=1S/C14H10F3NO3/c15-14(16,17)13(20)21-12(19)6-5-10-8-18-7-9-3-1-2-4-11(9)10/h1-4,7-8H,5-6H2. The summed E-state index contributed by atoms with van der Waals surface area (Å²) in [5.41, 5.74) is 0.699. The van der Waals surface area contributed by atoms with Crippen molar-refractivity contribution in [1.29, 1.82) is 0 Å². The third-order valence-corrected chi connectivity index (χ3v) is 2.79. The molecule has 0 aliphatic carbocycles. The van der Waals surface area contributed by atoms with E-state index < -0.39 is 18.1 Å². The molecule has 0 aliphatic rings. The van der Waals surface area contributed by atoms with Gasteiger partial charge in [0.2, 0.25) is 0 Å². The summed E-state index contributed by atoms with van der Waals surface area (Å²) in [7, 11) is 0. The number of halogens is 3. The number of nitrogens with zero attached hydrogens (tertiary/aromatic N) is 1. The second kappa shape index (κ2) is 5.90. The highest BCUT2D eigenvalue weighted by molar-refractivity contribution is 5.89. The van der Waals surface area contributed by atoms with Crippen LogP contribution in [0.25, 0.3) is 10.8 Å². The summed E-state index contributed by atoms with van der Waals surface area (Å²) in [6.07, 6.45) is -2.20. The van der Waals surface area contributed by atoms with Crippen LogP contribution in [0.15, 0.2) is 36.7 Å². The maximum absolute atomic E-state index is 11.9. The van der Waals surface area contributed by atoms with E-state index in [1.807, 2.05) is 18.2 Å². The summed E-state index contributed by atoms with van der Waals surface area (Å²) >= 11 is 0. The first-order valence-corrected chi connectivity index (χ1v) is 6.01. The van der Waals surface area contributed by atoms with Crippen LogP contribution in [0, 0.1) is 0 Å². The first kappa shape index (κ1) is 15.0. The molecule has 0 aliphatic heterocycles. The number of esters is 2. The molecule has 0 amide bonds. The zero-order valence-electron chi connectivity index (χ0n) is 10.7. The molecule has 2 rings (SSSR count). The zero-order valence-corrected chi connectivity index (χ0v) is 10.7. The number of rotatable bonds is 3. The van der Waals surface area contributed by atoms with Crippen LogP contribution in [0.3, 0.4) is 0 Å². The van der Waals surface area contributed by atoms with Crippen LogP contribution in [0.2, 0.25) is 0 Å². The summed E-state index contributed by atoms with van der Waals surface area (Å²) in [6.45, 7) is 0. The van der Waals surface area contributed by atoms with Crippen LogP contribution in [-0.4, -0.2) is 23.1 Å².